The minimum atomic E-state index is -0.375. The maximum atomic E-state index is 12.3. The highest BCUT2D eigenvalue weighted by Gasteiger charge is 2.35. The van der Waals surface area contributed by atoms with E-state index in [4.69, 9.17) is 4.74 Å². The van der Waals surface area contributed by atoms with E-state index in [1.807, 2.05) is 45.3 Å². The Morgan fingerprint density at radius 3 is 2.85 bits per heavy atom. The number of Topliss-reactive ketones (excluding diaryl/α,β-unsaturated/α-hetero) is 1. The molecule has 3 rings (SSSR count). The van der Waals surface area contributed by atoms with Gasteiger partial charge >= 0.3 is 0 Å². The van der Waals surface area contributed by atoms with Crippen LogP contribution in [0.15, 0.2) is 30.6 Å². The summed E-state index contributed by atoms with van der Waals surface area (Å²) in [5.74, 6) is 0.847. The average molecular weight is 270 g/mol. The van der Waals surface area contributed by atoms with E-state index < -0.39 is 0 Å². The van der Waals surface area contributed by atoms with Crippen LogP contribution in [0, 0.1) is 0 Å². The Kier molecular flexibility index (Phi) is 2.89. The number of rotatable bonds is 2. The summed E-state index contributed by atoms with van der Waals surface area (Å²) in [6.45, 7) is 4.03. The van der Waals surface area contributed by atoms with Gasteiger partial charge in [-0.15, -0.1) is 0 Å². The summed E-state index contributed by atoms with van der Waals surface area (Å²) >= 11 is 0. The quantitative estimate of drug-likeness (QED) is 0.841. The number of hydrogen-bond donors (Lipinski definition) is 0. The van der Waals surface area contributed by atoms with Gasteiger partial charge in [-0.25, -0.2) is 0 Å². The highest BCUT2D eigenvalue weighted by molar-refractivity contribution is 6.01. The lowest BCUT2D eigenvalue weighted by atomic mass is 9.88. The topological polar surface area (TPSA) is 44.1 Å². The Bertz CT molecular complexity index is 675. The minimum Gasteiger partial charge on any atom is -0.486 e. The number of ether oxygens (including phenoxy) is 1. The van der Waals surface area contributed by atoms with Crippen LogP contribution < -0.4 is 4.74 Å². The molecule has 0 fully saturated rings. The fourth-order valence-corrected chi connectivity index (χ4v) is 2.52. The molecule has 1 aromatic heterocycles. The molecule has 4 nitrogen and oxygen atoms in total. The van der Waals surface area contributed by atoms with Crippen molar-refractivity contribution in [3.8, 4) is 16.9 Å². The van der Waals surface area contributed by atoms with Gasteiger partial charge in [0.25, 0.3) is 0 Å². The van der Waals surface area contributed by atoms with Gasteiger partial charge in [0.15, 0.2) is 5.78 Å². The first kappa shape index (κ1) is 12.9. The third-order valence-corrected chi connectivity index (χ3v) is 3.96. The Labute approximate surface area is 118 Å². The van der Waals surface area contributed by atoms with E-state index in [1.165, 1.54) is 0 Å². The first-order valence-corrected chi connectivity index (χ1v) is 6.86. The second kappa shape index (κ2) is 4.47. The molecule has 2 heterocycles. The molecule has 1 aromatic carbocycles. The van der Waals surface area contributed by atoms with Crippen molar-refractivity contribution in [2.45, 2.75) is 32.3 Å². The van der Waals surface area contributed by atoms with Gasteiger partial charge in [0, 0.05) is 18.8 Å². The molecule has 4 heteroatoms. The van der Waals surface area contributed by atoms with Gasteiger partial charge in [0.1, 0.15) is 11.4 Å². The molecule has 1 unspecified atom stereocenters. The zero-order valence-electron chi connectivity index (χ0n) is 12.0. The molecule has 0 saturated carbocycles. The molecule has 1 aliphatic heterocycles. The number of carbonyl (C=O) groups is 1. The van der Waals surface area contributed by atoms with Crippen molar-refractivity contribution in [3.05, 3.63) is 36.2 Å². The van der Waals surface area contributed by atoms with Crippen molar-refractivity contribution < 1.29 is 9.53 Å². The molecule has 104 valence electrons. The molecule has 2 aromatic rings. The Morgan fingerprint density at radius 2 is 2.20 bits per heavy atom. The summed E-state index contributed by atoms with van der Waals surface area (Å²) in [4.78, 5) is 12.3. The van der Waals surface area contributed by atoms with Crippen molar-refractivity contribution in [1.82, 2.24) is 9.78 Å². The number of ketones is 1. The molecule has 0 radical (unpaired) electrons. The van der Waals surface area contributed by atoms with E-state index in [9.17, 15) is 4.79 Å². The van der Waals surface area contributed by atoms with Gasteiger partial charge in [-0.2, -0.15) is 5.10 Å². The van der Waals surface area contributed by atoms with Gasteiger partial charge in [-0.3, -0.25) is 9.48 Å². The SMILES string of the molecule is CCC1(C)CC(=O)c2cc(-c3cnn(C)c3)ccc2O1. The number of carbonyl (C=O) groups excluding carboxylic acids is 1. The smallest absolute Gasteiger partial charge is 0.170 e. The molecule has 0 amide bonds. The summed E-state index contributed by atoms with van der Waals surface area (Å²) in [6, 6.07) is 5.77. The highest BCUT2D eigenvalue weighted by Crippen LogP contribution is 2.37. The fourth-order valence-electron chi connectivity index (χ4n) is 2.52. The molecule has 0 bridgehead atoms. The predicted octanol–water partition coefficient (Wildman–Crippen LogP) is 3.22. The van der Waals surface area contributed by atoms with E-state index in [1.54, 1.807) is 10.9 Å². The summed E-state index contributed by atoms with van der Waals surface area (Å²) in [5, 5.41) is 4.16. The summed E-state index contributed by atoms with van der Waals surface area (Å²) in [7, 11) is 1.88. The monoisotopic (exact) mass is 270 g/mol. The van der Waals surface area contributed by atoms with Crippen molar-refractivity contribution in [3.63, 3.8) is 0 Å². The molecule has 0 spiro atoms. The lowest BCUT2D eigenvalue weighted by molar-refractivity contribution is 0.0499. The van der Waals surface area contributed by atoms with E-state index >= 15 is 0 Å². The van der Waals surface area contributed by atoms with E-state index in [-0.39, 0.29) is 11.4 Å². The molecule has 1 atom stereocenters. The van der Waals surface area contributed by atoms with Crippen LogP contribution in [0.2, 0.25) is 0 Å². The third-order valence-electron chi connectivity index (χ3n) is 3.96. The Hall–Kier alpha value is -2.10. The Morgan fingerprint density at radius 1 is 1.40 bits per heavy atom. The average Bonchev–Trinajstić information content (AvgIpc) is 2.85. The normalized spacial score (nSPS) is 21.4. The van der Waals surface area contributed by atoms with Crippen LogP contribution >= 0.6 is 0 Å². The maximum Gasteiger partial charge on any atom is 0.170 e. The molecule has 0 N–H and O–H groups in total. The maximum absolute atomic E-state index is 12.3. The van der Waals surface area contributed by atoms with Crippen molar-refractivity contribution in [1.29, 1.82) is 0 Å². The Balaban J connectivity index is 2.02. The van der Waals surface area contributed by atoms with Crippen LogP contribution in [-0.2, 0) is 7.05 Å². The van der Waals surface area contributed by atoms with Crippen molar-refractivity contribution in [2.75, 3.05) is 0 Å². The molecular weight excluding hydrogens is 252 g/mol. The molecule has 0 aliphatic carbocycles. The zero-order valence-corrected chi connectivity index (χ0v) is 12.0. The third kappa shape index (κ3) is 2.11. The first-order valence-electron chi connectivity index (χ1n) is 6.86. The van der Waals surface area contributed by atoms with Crippen molar-refractivity contribution in [2.24, 2.45) is 7.05 Å². The van der Waals surface area contributed by atoms with Gasteiger partial charge in [0.05, 0.1) is 18.2 Å². The van der Waals surface area contributed by atoms with Crippen LogP contribution in [0.4, 0.5) is 0 Å². The van der Waals surface area contributed by atoms with Gasteiger partial charge in [0.2, 0.25) is 0 Å². The van der Waals surface area contributed by atoms with Crippen LogP contribution in [-0.4, -0.2) is 21.2 Å². The number of fused-ring (bicyclic) bond motifs is 1. The van der Waals surface area contributed by atoms with Crippen LogP contribution in [0.1, 0.15) is 37.0 Å². The molecule has 1 aliphatic rings. The van der Waals surface area contributed by atoms with Crippen LogP contribution in [0.25, 0.3) is 11.1 Å². The standard InChI is InChI=1S/C16H18N2O2/c1-4-16(2)8-14(19)13-7-11(5-6-15(13)20-16)12-9-17-18(3)10-12/h5-7,9-10H,4,8H2,1-3H3. The van der Waals surface area contributed by atoms with Crippen molar-refractivity contribution >= 4 is 5.78 Å². The molecule has 0 saturated heterocycles. The van der Waals surface area contributed by atoms with Gasteiger partial charge in [-0.1, -0.05) is 13.0 Å². The molecular formula is C16H18N2O2. The number of nitrogens with zero attached hydrogens (tertiary/aromatic N) is 2. The van der Waals surface area contributed by atoms with E-state index in [0.29, 0.717) is 17.7 Å². The lowest BCUT2D eigenvalue weighted by Crippen LogP contribution is -2.38. The van der Waals surface area contributed by atoms with Crippen LogP contribution in [0.5, 0.6) is 5.75 Å². The summed E-state index contributed by atoms with van der Waals surface area (Å²) in [6.07, 6.45) is 4.99. The first-order chi connectivity index (χ1) is 9.50. The largest absolute Gasteiger partial charge is 0.486 e. The minimum absolute atomic E-state index is 0.154. The number of aromatic nitrogens is 2. The van der Waals surface area contributed by atoms with E-state index in [2.05, 4.69) is 5.10 Å². The summed E-state index contributed by atoms with van der Waals surface area (Å²) in [5.41, 5.74) is 2.30. The zero-order chi connectivity index (χ0) is 14.3. The highest BCUT2D eigenvalue weighted by atomic mass is 16.5. The lowest BCUT2D eigenvalue weighted by Gasteiger charge is -2.34. The van der Waals surface area contributed by atoms with Crippen LogP contribution in [0.3, 0.4) is 0 Å². The number of hydrogen-bond acceptors (Lipinski definition) is 3. The van der Waals surface area contributed by atoms with E-state index in [0.717, 1.165) is 17.5 Å². The fraction of sp³-hybridized carbons (Fsp3) is 0.375. The van der Waals surface area contributed by atoms with Gasteiger partial charge < -0.3 is 4.74 Å². The molecule has 20 heavy (non-hydrogen) atoms. The number of aryl methyl sites for hydroxylation is 1. The summed E-state index contributed by atoms with van der Waals surface area (Å²) < 4.78 is 7.74. The predicted molar refractivity (Wildman–Crippen MR) is 76.9 cm³/mol. The number of benzene rings is 1. The second-order valence-corrected chi connectivity index (χ2v) is 5.62. The second-order valence-electron chi connectivity index (χ2n) is 5.62. The van der Waals surface area contributed by atoms with Gasteiger partial charge in [-0.05, 0) is 31.0 Å².